The Balaban J connectivity index is 1.62. The van der Waals surface area contributed by atoms with Crippen molar-refractivity contribution in [2.45, 2.75) is 24.9 Å². The van der Waals surface area contributed by atoms with Crippen LogP contribution in [0.1, 0.15) is 11.1 Å². The third kappa shape index (κ3) is 3.68. The zero-order valence-electron chi connectivity index (χ0n) is 17.3. The second-order valence-electron chi connectivity index (χ2n) is 7.88. The molecule has 0 saturated carbocycles. The molecule has 1 N–H and O–H groups in total. The molecular formula is C22H20F2N4O4. The number of rotatable bonds is 5. The number of hydrogen-bond acceptors (Lipinski definition) is 4. The summed E-state index contributed by atoms with van der Waals surface area (Å²) in [4.78, 5) is 42.5. The maximum absolute atomic E-state index is 13.7. The molecule has 1 aromatic heterocycles. The quantitative estimate of drug-likeness (QED) is 0.485. The van der Waals surface area contributed by atoms with E-state index in [0.717, 1.165) is 12.1 Å². The number of nitro benzene ring substituents is 1. The maximum Gasteiger partial charge on any atom is 0.281 e. The lowest BCUT2D eigenvalue weighted by Gasteiger charge is -2.42. The fraction of sp³-hybridized carbons (Fsp3) is 0.273. The first-order chi connectivity index (χ1) is 15.2. The Kier molecular flexibility index (Phi) is 5.37. The van der Waals surface area contributed by atoms with Crippen LogP contribution in [0.25, 0.3) is 10.9 Å². The van der Waals surface area contributed by atoms with E-state index in [4.69, 9.17) is 0 Å². The fourth-order valence-corrected chi connectivity index (χ4v) is 4.19. The molecule has 2 heterocycles. The van der Waals surface area contributed by atoms with Gasteiger partial charge < -0.3 is 14.8 Å². The molecule has 3 aromatic rings. The van der Waals surface area contributed by atoms with Crippen molar-refractivity contribution in [1.29, 1.82) is 0 Å². The summed E-state index contributed by atoms with van der Waals surface area (Å²) in [5, 5.41) is 11.7. The Morgan fingerprint density at radius 1 is 0.969 bits per heavy atom. The first-order valence-corrected chi connectivity index (χ1v) is 9.89. The number of likely N-dealkylation sites (N-methyl/N-ethyl adjacent to an activating group) is 2. The van der Waals surface area contributed by atoms with Gasteiger partial charge >= 0.3 is 0 Å². The molecule has 0 spiro atoms. The molecule has 2 amide bonds. The van der Waals surface area contributed by atoms with Crippen LogP contribution in [0.15, 0.2) is 42.6 Å². The Hall–Kier alpha value is -3.82. The normalized spacial score (nSPS) is 19.1. The molecule has 1 aliphatic rings. The summed E-state index contributed by atoms with van der Waals surface area (Å²) in [5.41, 5.74) is 0.989. The number of H-pyrrole nitrogens is 1. The van der Waals surface area contributed by atoms with Gasteiger partial charge in [0.05, 0.1) is 21.9 Å². The Labute approximate surface area is 181 Å². The number of carbonyl (C=O) groups is 2. The van der Waals surface area contributed by atoms with Gasteiger partial charge in [0.15, 0.2) is 0 Å². The molecule has 0 radical (unpaired) electrons. The average molecular weight is 442 g/mol. The second kappa shape index (κ2) is 8.03. The van der Waals surface area contributed by atoms with Gasteiger partial charge in [-0.1, -0.05) is 12.1 Å². The number of non-ortho nitro benzene ring substituents is 1. The van der Waals surface area contributed by atoms with Gasteiger partial charge in [-0.3, -0.25) is 19.7 Å². The zero-order valence-corrected chi connectivity index (χ0v) is 17.3. The minimum Gasteiger partial charge on any atom is -0.361 e. The van der Waals surface area contributed by atoms with E-state index in [1.54, 1.807) is 12.1 Å². The summed E-state index contributed by atoms with van der Waals surface area (Å²) >= 11 is 0. The van der Waals surface area contributed by atoms with E-state index in [1.807, 2.05) is 0 Å². The third-order valence-corrected chi connectivity index (χ3v) is 5.96. The van der Waals surface area contributed by atoms with Crippen LogP contribution in [0.3, 0.4) is 0 Å². The lowest BCUT2D eigenvalue weighted by molar-refractivity contribution is -0.383. The molecule has 2 aromatic carbocycles. The molecular weight excluding hydrogens is 422 g/mol. The first kappa shape index (κ1) is 21.4. The number of halogens is 2. The van der Waals surface area contributed by atoms with Gasteiger partial charge in [0.25, 0.3) is 5.69 Å². The van der Waals surface area contributed by atoms with Crippen molar-refractivity contribution in [1.82, 2.24) is 14.8 Å². The number of aromatic amines is 1. The maximum atomic E-state index is 13.7. The summed E-state index contributed by atoms with van der Waals surface area (Å²) in [5.74, 6) is -1.75. The van der Waals surface area contributed by atoms with Gasteiger partial charge in [-0.25, -0.2) is 8.78 Å². The lowest BCUT2D eigenvalue weighted by atomic mass is 9.95. The van der Waals surface area contributed by atoms with Gasteiger partial charge in [-0.05, 0) is 29.3 Å². The minimum absolute atomic E-state index is 0.0289. The predicted octanol–water partition coefficient (Wildman–Crippen LogP) is 2.81. The molecule has 0 aliphatic carbocycles. The van der Waals surface area contributed by atoms with Gasteiger partial charge in [0.2, 0.25) is 11.8 Å². The highest BCUT2D eigenvalue weighted by Gasteiger charge is 2.43. The van der Waals surface area contributed by atoms with Crippen LogP contribution in [-0.4, -0.2) is 57.7 Å². The number of nitro groups is 1. The first-order valence-electron chi connectivity index (χ1n) is 9.89. The summed E-state index contributed by atoms with van der Waals surface area (Å²) in [6.45, 7) is 0. The Morgan fingerprint density at radius 3 is 2.16 bits per heavy atom. The van der Waals surface area contributed by atoms with Crippen LogP contribution in [0.5, 0.6) is 0 Å². The van der Waals surface area contributed by atoms with E-state index in [-0.39, 0.29) is 35.6 Å². The molecule has 0 bridgehead atoms. The summed E-state index contributed by atoms with van der Waals surface area (Å²) in [6.07, 6.45) is 1.75. The van der Waals surface area contributed by atoms with Gasteiger partial charge in [-0.2, -0.15) is 0 Å². The van der Waals surface area contributed by atoms with Crippen LogP contribution in [0.2, 0.25) is 0 Å². The van der Waals surface area contributed by atoms with E-state index in [0.29, 0.717) is 11.1 Å². The van der Waals surface area contributed by atoms with Crippen LogP contribution in [-0.2, 0) is 22.4 Å². The molecule has 32 heavy (non-hydrogen) atoms. The van der Waals surface area contributed by atoms with E-state index in [9.17, 15) is 28.5 Å². The number of nitrogens with zero attached hydrogens (tertiary/aromatic N) is 3. The molecule has 166 valence electrons. The number of hydrogen-bond donors (Lipinski definition) is 1. The number of fused-ring (bicyclic) bond motifs is 1. The lowest BCUT2D eigenvalue weighted by Crippen LogP contribution is -2.63. The largest absolute Gasteiger partial charge is 0.361 e. The van der Waals surface area contributed by atoms with E-state index in [2.05, 4.69) is 4.98 Å². The van der Waals surface area contributed by atoms with Crippen LogP contribution in [0, 0.1) is 21.7 Å². The predicted molar refractivity (Wildman–Crippen MR) is 112 cm³/mol. The molecule has 1 fully saturated rings. The monoisotopic (exact) mass is 442 g/mol. The van der Waals surface area contributed by atoms with Gasteiger partial charge in [0, 0.05) is 33.1 Å². The molecule has 10 heteroatoms. The van der Waals surface area contributed by atoms with Gasteiger partial charge in [-0.15, -0.1) is 0 Å². The number of carbonyl (C=O) groups excluding carboxylic acids is 2. The van der Waals surface area contributed by atoms with Crippen LogP contribution in [0.4, 0.5) is 14.5 Å². The fourth-order valence-electron chi connectivity index (χ4n) is 4.19. The number of amides is 2. The number of piperazine rings is 1. The summed E-state index contributed by atoms with van der Waals surface area (Å²) in [7, 11) is 3.04. The van der Waals surface area contributed by atoms with Crippen molar-refractivity contribution in [2.24, 2.45) is 0 Å². The Morgan fingerprint density at radius 2 is 1.56 bits per heavy atom. The standard InChI is InChI=1S/C22H20F2N4O4/c1-26-18(7-12-3-5-14(23)6-4-12)21(29)27(2)19(22(26)30)8-13-11-25-16-9-15(24)10-17(20(13)16)28(31)32/h3-6,9-11,18-19,25H,7-8H2,1-2H3/t18-,19-/m0/s1. The van der Waals surface area contributed by atoms with Crippen molar-refractivity contribution in [3.8, 4) is 0 Å². The van der Waals surface area contributed by atoms with Gasteiger partial charge in [0.1, 0.15) is 23.7 Å². The second-order valence-corrected chi connectivity index (χ2v) is 7.88. The minimum atomic E-state index is -0.874. The average Bonchev–Trinajstić information content (AvgIpc) is 3.15. The van der Waals surface area contributed by atoms with Crippen LogP contribution < -0.4 is 0 Å². The topological polar surface area (TPSA) is 99.5 Å². The zero-order chi connectivity index (χ0) is 23.2. The van der Waals surface area contributed by atoms with Crippen molar-refractivity contribution in [3.63, 3.8) is 0 Å². The number of aromatic nitrogens is 1. The Bertz CT molecular complexity index is 1220. The molecule has 1 aliphatic heterocycles. The van der Waals surface area contributed by atoms with Crippen LogP contribution >= 0.6 is 0 Å². The highest BCUT2D eigenvalue weighted by Crippen LogP contribution is 2.32. The van der Waals surface area contributed by atoms with Crippen molar-refractivity contribution in [2.75, 3.05) is 14.1 Å². The summed E-state index contributed by atoms with van der Waals surface area (Å²) < 4.78 is 26.9. The molecule has 2 atom stereocenters. The summed E-state index contributed by atoms with van der Waals surface area (Å²) in [6, 6.07) is 6.08. The van der Waals surface area contributed by atoms with Crippen molar-refractivity contribution >= 4 is 28.4 Å². The smallest absolute Gasteiger partial charge is 0.281 e. The SMILES string of the molecule is CN1C(=O)[C@H](Cc2c[nH]c3cc(F)cc([N+](=O)[O-])c23)N(C)C(=O)[C@@H]1Cc1ccc(F)cc1. The highest BCUT2D eigenvalue weighted by molar-refractivity contribution is 5.98. The third-order valence-electron chi connectivity index (χ3n) is 5.96. The van der Waals surface area contributed by atoms with Crippen molar-refractivity contribution in [3.05, 3.63) is 75.5 Å². The van der Waals surface area contributed by atoms with E-state index >= 15 is 0 Å². The van der Waals surface area contributed by atoms with E-state index < -0.39 is 34.3 Å². The highest BCUT2D eigenvalue weighted by atomic mass is 19.1. The number of benzene rings is 2. The number of nitrogens with one attached hydrogen (secondary N) is 1. The molecule has 0 unspecified atom stereocenters. The van der Waals surface area contributed by atoms with E-state index in [1.165, 1.54) is 42.2 Å². The molecule has 8 nitrogen and oxygen atoms in total. The van der Waals surface area contributed by atoms with Crippen molar-refractivity contribution < 1.29 is 23.3 Å². The molecule has 4 rings (SSSR count). The molecule has 1 saturated heterocycles.